The van der Waals surface area contributed by atoms with Crippen LogP contribution in [0, 0.1) is 12.7 Å². The van der Waals surface area contributed by atoms with Crippen molar-refractivity contribution in [2.45, 2.75) is 6.92 Å². The Morgan fingerprint density at radius 3 is 2.68 bits per heavy atom. The number of carbonyl (C=O) groups excluding carboxylic acids is 1. The van der Waals surface area contributed by atoms with E-state index in [4.69, 9.17) is 11.6 Å². The summed E-state index contributed by atoms with van der Waals surface area (Å²) in [7, 11) is 0. The van der Waals surface area contributed by atoms with Gasteiger partial charge in [0, 0.05) is 5.56 Å². The molecule has 0 atom stereocenters. The second-order valence-electron chi connectivity index (χ2n) is 4.08. The van der Waals surface area contributed by atoms with Crippen LogP contribution < -0.4 is 5.32 Å². The van der Waals surface area contributed by atoms with E-state index in [1.54, 1.807) is 6.92 Å². The third kappa shape index (κ3) is 3.03. The maximum atomic E-state index is 13.1. The zero-order valence-corrected chi connectivity index (χ0v) is 10.8. The normalized spacial score (nSPS) is 10.3. The van der Waals surface area contributed by atoms with Crippen LogP contribution in [0.4, 0.5) is 10.1 Å². The second kappa shape index (κ2) is 5.28. The quantitative estimate of drug-likeness (QED) is 0.880. The summed E-state index contributed by atoms with van der Waals surface area (Å²) in [6.45, 7) is 1.68. The lowest BCUT2D eigenvalue weighted by atomic mass is 10.1. The van der Waals surface area contributed by atoms with Crippen molar-refractivity contribution < 1.29 is 14.3 Å². The van der Waals surface area contributed by atoms with E-state index in [1.165, 1.54) is 30.3 Å². The molecule has 0 saturated heterocycles. The van der Waals surface area contributed by atoms with Gasteiger partial charge in [-0.1, -0.05) is 11.6 Å². The molecule has 98 valence electrons. The molecular weight excluding hydrogens is 269 g/mol. The molecule has 0 aliphatic carbocycles. The maximum absolute atomic E-state index is 13.1. The van der Waals surface area contributed by atoms with Crippen LogP contribution in [-0.2, 0) is 0 Å². The number of aromatic hydroxyl groups is 1. The number of benzene rings is 2. The van der Waals surface area contributed by atoms with E-state index >= 15 is 0 Å². The van der Waals surface area contributed by atoms with Gasteiger partial charge in [0.05, 0.1) is 10.7 Å². The first kappa shape index (κ1) is 13.4. The third-order valence-corrected chi connectivity index (χ3v) is 2.97. The van der Waals surface area contributed by atoms with E-state index in [0.717, 1.165) is 6.07 Å². The van der Waals surface area contributed by atoms with Crippen LogP contribution in [0.15, 0.2) is 36.4 Å². The molecule has 0 unspecified atom stereocenters. The molecule has 0 aromatic heterocycles. The van der Waals surface area contributed by atoms with Gasteiger partial charge < -0.3 is 10.4 Å². The van der Waals surface area contributed by atoms with E-state index in [-0.39, 0.29) is 16.5 Å². The highest BCUT2D eigenvalue weighted by Crippen LogP contribution is 2.24. The van der Waals surface area contributed by atoms with Crippen LogP contribution in [-0.4, -0.2) is 11.0 Å². The lowest BCUT2D eigenvalue weighted by Crippen LogP contribution is -2.12. The van der Waals surface area contributed by atoms with Gasteiger partial charge in [-0.3, -0.25) is 4.79 Å². The largest absolute Gasteiger partial charge is 0.508 e. The van der Waals surface area contributed by atoms with E-state index in [0.29, 0.717) is 11.1 Å². The zero-order chi connectivity index (χ0) is 14.0. The molecule has 0 heterocycles. The van der Waals surface area contributed by atoms with Crippen LogP contribution in [0.5, 0.6) is 5.75 Å². The topological polar surface area (TPSA) is 49.3 Å². The molecule has 1 amide bonds. The molecule has 2 aromatic rings. The molecule has 0 aliphatic heterocycles. The highest BCUT2D eigenvalue weighted by atomic mass is 35.5. The number of halogens is 2. The summed E-state index contributed by atoms with van der Waals surface area (Å²) in [5.74, 6) is -0.794. The van der Waals surface area contributed by atoms with E-state index in [2.05, 4.69) is 5.32 Å². The van der Waals surface area contributed by atoms with Crippen molar-refractivity contribution in [3.63, 3.8) is 0 Å². The predicted octanol–water partition coefficient (Wildman–Crippen LogP) is 3.75. The molecule has 2 N–H and O–H groups in total. The fourth-order valence-corrected chi connectivity index (χ4v) is 1.75. The molecule has 0 fully saturated rings. The van der Waals surface area contributed by atoms with Crippen LogP contribution in [0.1, 0.15) is 15.9 Å². The van der Waals surface area contributed by atoms with Crippen molar-refractivity contribution in [1.82, 2.24) is 0 Å². The van der Waals surface area contributed by atoms with Gasteiger partial charge in [0.2, 0.25) is 0 Å². The Bertz CT molecular complexity index is 643. The monoisotopic (exact) mass is 279 g/mol. The van der Waals surface area contributed by atoms with Gasteiger partial charge in [-0.05, 0) is 48.9 Å². The first-order chi connectivity index (χ1) is 8.97. The number of carbonyl (C=O) groups is 1. The number of nitrogens with one attached hydrogen (secondary N) is 1. The van der Waals surface area contributed by atoms with Crippen LogP contribution in [0.2, 0.25) is 5.02 Å². The summed E-state index contributed by atoms with van der Waals surface area (Å²) in [6.07, 6.45) is 0. The van der Waals surface area contributed by atoms with E-state index in [9.17, 15) is 14.3 Å². The summed E-state index contributed by atoms with van der Waals surface area (Å²) in [6, 6.07) is 8.17. The molecular formula is C14H11ClFNO2. The number of anilines is 1. The Kier molecular flexibility index (Phi) is 3.71. The number of phenols is 1. The van der Waals surface area contributed by atoms with Gasteiger partial charge in [0.15, 0.2) is 0 Å². The van der Waals surface area contributed by atoms with Gasteiger partial charge in [-0.25, -0.2) is 4.39 Å². The summed E-state index contributed by atoms with van der Waals surface area (Å²) in [5.41, 5.74) is 1.14. The minimum absolute atomic E-state index is 0.111. The number of aryl methyl sites for hydroxylation is 1. The van der Waals surface area contributed by atoms with Crippen molar-refractivity contribution in [3.8, 4) is 5.75 Å². The standard InChI is InChI=1S/C14H11ClFNO2/c1-8-6-9(2-5-13(8)18)14(19)17-12-7-10(16)3-4-11(12)15/h2-7,18H,1H3,(H,17,19). The Morgan fingerprint density at radius 2 is 2.00 bits per heavy atom. The molecule has 0 radical (unpaired) electrons. The molecule has 2 aromatic carbocycles. The number of rotatable bonds is 2. The lowest BCUT2D eigenvalue weighted by Gasteiger charge is -2.08. The highest BCUT2D eigenvalue weighted by molar-refractivity contribution is 6.33. The van der Waals surface area contributed by atoms with E-state index < -0.39 is 11.7 Å². The molecule has 3 nitrogen and oxygen atoms in total. The Labute approximate surface area is 114 Å². The van der Waals surface area contributed by atoms with Crippen molar-refractivity contribution >= 4 is 23.2 Å². The molecule has 2 rings (SSSR count). The van der Waals surface area contributed by atoms with Crippen LogP contribution >= 0.6 is 11.6 Å². The van der Waals surface area contributed by atoms with Crippen molar-refractivity contribution in [3.05, 3.63) is 58.4 Å². The Hall–Kier alpha value is -2.07. The first-order valence-electron chi connectivity index (χ1n) is 5.53. The predicted molar refractivity (Wildman–Crippen MR) is 72.2 cm³/mol. The zero-order valence-electron chi connectivity index (χ0n) is 10.1. The fourth-order valence-electron chi connectivity index (χ4n) is 1.58. The molecule has 5 heteroatoms. The minimum atomic E-state index is -0.485. The SMILES string of the molecule is Cc1cc(C(=O)Nc2cc(F)ccc2Cl)ccc1O. The van der Waals surface area contributed by atoms with Crippen LogP contribution in [0.25, 0.3) is 0 Å². The number of phenolic OH excluding ortho intramolecular Hbond substituents is 1. The summed E-state index contributed by atoms with van der Waals surface area (Å²) >= 11 is 5.86. The van der Waals surface area contributed by atoms with Gasteiger partial charge in [0.1, 0.15) is 11.6 Å². The highest BCUT2D eigenvalue weighted by Gasteiger charge is 2.10. The lowest BCUT2D eigenvalue weighted by molar-refractivity contribution is 0.102. The molecule has 0 spiro atoms. The molecule has 0 bridgehead atoms. The number of amides is 1. The van der Waals surface area contributed by atoms with Gasteiger partial charge in [0.25, 0.3) is 5.91 Å². The summed E-state index contributed by atoms with van der Waals surface area (Å²) in [4.78, 5) is 12.0. The van der Waals surface area contributed by atoms with Crippen LogP contribution in [0.3, 0.4) is 0 Å². The second-order valence-corrected chi connectivity index (χ2v) is 4.49. The third-order valence-electron chi connectivity index (χ3n) is 2.64. The van der Waals surface area contributed by atoms with Gasteiger partial charge >= 0.3 is 0 Å². The average molecular weight is 280 g/mol. The minimum Gasteiger partial charge on any atom is -0.508 e. The Balaban J connectivity index is 2.25. The van der Waals surface area contributed by atoms with Crippen molar-refractivity contribution in [2.75, 3.05) is 5.32 Å². The van der Waals surface area contributed by atoms with Gasteiger partial charge in [-0.15, -0.1) is 0 Å². The maximum Gasteiger partial charge on any atom is 0.255 e. The first-order valence-corrected chi connectivity index (χ1v) is 5.91. The summed E-state index contributed by atoms with van der Waals surface area (Å²) in [5, 5.41) is 12.2. The van der Waals surface area contributed by atoms with Crippen molar-refractivity contribution in [1.29, 1.82) is 0 Å². The average Bonchev–Trinajstić information content (AvgIpc) is 2.37. The molecule has 19 heavy (non-hydrogen) atoms. The smallest absolute Gasteiger partial charge is 0.255 e. The number of hydrogen-bond donors (Lipinski definition) is 2. The number of hydrogen-bond acceptors (Lipinski definition) is 2. The molecule has 0 saturated carbocycles. The van der Waals surface area contributed by atoms with Gasteiger partial charge in [-0.2, -0.15) is 0 Å². The van der Waals surface area contributed by atoms with Crippen molar-refractivity contribution in [2.24, 2.45) is 0 Å². The molecule has 0 aliphatic rings. The fraction of sp³-hybridized carbons (Fsp3) is 0.0714. The summed E-state index contributed by atoms with van der Waals surface area (Å²) < 4.78 is 13.1. The van der Waals surface area contributed by atoms with E-state index in [1.807, 2.05) is 0 Å². The Morgan fingerprint density at radius 1 is 1.26 bits per heavy atom.